The van der Waals surface area contributed by atoms with E-state index in [1.165, 1.54) is 186 Å². The molecular formula is C45H89O8P. The van der Waals surface area contributed by atoms with Gasteiger partial charge in [-0.25, -0.2) is 4.57 Å². The molecule has 0 aromatic heterocycles. The highest BCUT2D eigenvalue weighted by molar-refractivity contribution is 7.47. The molecule has 0 saturated heterocycles. The molecule has 2 atom stereocenters. The summed E-state index contributed by atoms with van der Waals surface area (Å²) in [5, 5.41) is 0. The number of phosphoric acid groups is 1. The highest BCUT2D eigenvalue weighted by Crippen LogP contribution is 2.42. The molecule has 0 fully saturated rings. The third kappa shape index (κ3) is 40.7. The largest absolute Gasteiger partial charge is 0.472 e. The van der Waals surface area contributed by atoms with Gasteiger partial charge in [0.2, 0.25) is 0 Å². The minimum absolute atomic E-state index is 0.216. The van der Waals surface area contributed by atoms with Gasteiger partial charge in [0.25, 0.3) is 0 Å². The second-order valence-corrected chi connectivity index (χ2v) is 17.5. The van der Waals surface area contributed by atoms with E-state index in [4.69, 9.17) is 14.0 Å². The Morgan fingerprint density at radius 2 is 0.722 bits per heavy atom. The minimum atomic E-state index is -4.26. The van der Waals surface area contributed by atoms with Crippen LogP contribution in [0.25, 0.3) is 0 Å². The lowest BCUT2D eigenvalue weighted by Gasteiger charge is -2.19. The number of ether oxygens (including phenoxy) is 2. The number of hydrogen-bond donors (Lipinski definition) is 1. The van der Waals surface area contributed by atoms with Crippen LogP contribution in [-0.4, -0.2) is 43.3 Å². The molecule has 0 spiro atoms. The average molecular weight is 789 g/mol. The molecule has 0 aliphatic carbocycles. The van der Waals surface area contributed by atoms with Crippen LogP contribution in [0.4, 0.5) is 0 Å². The maximum absolute atomic E-state index is 12.5. The second kappa shape index (κ2) is 41.7. The maximum atomic E-state index is 12.5. The first-order valence-corrected chi connectivity index (χ1v) is 24.7. The van der Waals surface area contributed by atoms with Crippen LogP contribution < -0.4 is 0 Å². The summed E-state index contributed by atoms with van der Waals surface area (Å²) in [5.74, 6) is -0.783. The fourth-order valence-corrected chi connectivity index (χ4v) is 7.47. The van der Waals surface area contributed by atoms with Crippen molar-refractivity contribution in [2.45, 2.75) is 258 Å². The van der Waals surface area contributed by atoms with Crippen LogP contribution in [0.2, 0.25) is 0 Å². The minimum Gasteiger partial charge on any atom is -0.462 e. The molecule has 322 valence electrons. The first kappa shape index (κ1) is 53.0. The molecular weight excluding hydrogens is 699 g/mol. The predicted octanol–water partition coefficient (Wildman–Crippen LogP) is 14.7. The van der Waals surface area contributed by atoms with Gasteiger partial charge < -0.3 is 14.4 Å². The fraction of sp³-hybridized carbons (Fsp3) is 0.956. The lowest BCUT2D eigenvalue weighted by Crippen LogP contribution is -2.29. The molecule has 1 N–H and O–H groups in total. The van der Waals surface area contributed by atoms with E-state index in [1.807, 2.05) is 0 Å². The van der Waals surface area contributed by atoms with Gasteiger partial charge in [-0.15, -0.1) is 0 Å². The van der Waals surface area contributed by atoms with Crippen molar-refractivity contribution in [3.8, 4) is 0 Å². The summed E-state index contributed by atoms with van der Waals surface area (Å²) in [6.45, 7) is 3.94. The number of phosphoric ester groups is 1. The van der Waals surface area contributed by atoms with Gasteiger partial charge >= 0.3 is 19.8 Å². The summed E-state index contributed by atoms with van der Waals surface area (Å²) in [4.78, 5) is 34.5. The third-order valence-electron chi connectivity index (χ3n) is 10.6. The van der Waals surface area contributed by atoms with Crippen molar-refractivity contribution >= 4 is 19.8 Å². The molecule has 0 aromatic rings. The zero-order chi connectivity index (χ0) is 39.6. The average Bonchev–Trinajstić information content (AvgIpc) is 3.16. The van der Waals surface area contributed by atoms with Gasteiger partial charge in [0.15, 0.2) is 6.10 Å². The Balaban J connectivity index is 3.90. The zero-order valence-electron chi connectivity index (χ0n) is 35.9. The van der Waals surface area contributed by atoms with Gasteiger partial charge in [-0.3, -0.25) is 18.6 Å². The van der Waals surface area contributed by atoms with Gasteiger partial charge in [-0.2, -0.15) is 0 Å². The first-order valence-electron chi connectivity index (χ1n) is 23.2. The molecule has 0 aliphatic heterocycles. The van der Waals surface area contributed by atoms with Crippen LogP contribution in [0.5, 0.6) is 0 Å². The van der Waals surface area contributed by atoms with Crippen LogP contribution in [0.1, 0.15) is 251 Å². The Morgan fingerprint density at radius 3 is 1.02 bits per heavy atom. The molecule has 0 aliphatic rings. The van der Waals surface area contributed by atoms with Crippen LogP contribution in [0, 0.1) is 0 Å². The Morgan fingerprint density at radius 1 is 0.444 bits per heavy atom. The standard InChI is InChI=1S/C45H89O8P/c1-4-6-8-10-12-14-16-18-20-22-24-26-28-30-32-34-36-38-40-45(47)53-43(42-52-54(48,49)50-3)41-51-44(46)39-37-35-33-31-29-27-25-23-21-19-17-15-13-11-9-7-5-2/h43H,4-42H2,1-3H3,(H,48,49). The smallest absolute Gasteiger partial charge is 0.462 e. The van der Waals surface area contributed by atoms with Crippen LogP contribution in [0.3, 0.4) is 0 Å². The third-order valence-corrected chi connectivity index (χ3v) is 11.5. The first-order chi connectivity index (χ1) is 26.3. The Labute approximate surface area is 334 Å². The summed E-state index contributed by atoms with van der Waals surface area (Å²) in [6, 6.07) is 0. The van der Waals surface area contributed by atoms with Crippen LogP contribution in [0.15, 0.2) is 0 Å². The quantitative estimate of drug-likeness (QED) is 0.0369. The summed E-state index contributed by atoms with van der Waals surface area (Å²) in [5.41, 5.74) is 0. The van der Waals surface area contributed by atoms with E-state index in [0.29, 0.717) is 6.42 Å². The molecule has 0 aromatic carbocycles. The van der Waals surface area contributed by atoms with E-state index in [0.717, 1.165) is 45.6 Å². The zero-order valence-corrected chi connectivity index (χ0v) is 36.8. The van der Waals surface area contributed by atoms with E-state index < -0.39 is 19.9 Å². The van der Waals surface area contributed by atoms with E-state index in [2.05, 4.69) is 18.4 Å². The van der Waals surface area contributed by atoms with Gasteiger partial charge in [-0.05, 0) is 12.8 Å². The van der Waals surface area contributed by atoms with Crippen molar-refractivity contribution < 1.29 is 37.6 Å². The molecule has 54 heavy (non-hydrogen) atoms. The highest BCUT2D eigenvalue weighted by atomic mass is 31.2. The maximum Gasteiger partial charge on any atom is 0.472 e. The molecule has 0 saturated carbocycles. The van der Waals surface area contributed by atoms with E-state index in [1.54, 1.807) is 0 Å². The monoisotopic (exact) mass is 789 g/mol. The SMILES string of the molecule is CCCCCCCCCCCCCCCCCCCCC(=O)OC(COC(=O)CCCCCCCCCCCCCCCCCCC)COP(=O)(O)OC. The van der Waals surface area contributed by atoms with Crippen LogP contribution in [-0.2, 0) is 32.7 Å². The predicted molar refractivity (Wildman–Crippen MR) is 226 cm³/mol. The Kier molecular flexibility index (Phi) is 40.9. The van der Waals surface area contributed by atoms with Crippen molar-refractivity contribution in [3.63, 3.8) is 0 Å². The summed E-state index contributed by atoms with van der Waals surface area (Å²) in [7, 11) is -3.19. The number of esters is 2. The fourth-order valence-electron chi connectivity index (χ4n) is 7.01. The molecule has 0 rings (SSSR count). The number of rotatable bonds is 44. The lowest BCUT2D eigenvalue weighted by atomic mass is 10.0. The lowest BCUT2D eigenvalue weighted by molar-refractivity contribution is -0.161. The van der Waals surface area contributed by atoms with Gasteiger partial charge in [0.05, 0.1) is 6.61 Å². The van der Waals surface area contributed by atoms with Gasteiger partial charge in [-0.1, -0.05) is 226 Å². The normalized spacial score (nSPS) is 13.2. The van der Waals surface area contributed by atoms with Crippen LogP contribution >= 0.6 is 7.82 Å². The molecule has 0 radical (unpaired) electrons. The molecule has 0 heterocycles. The summed E-state index contributed by atoms with van der Waals surface area (Å²) < 4.78 is 32.1. The molecule has 0 bridgehead atoms. The summed E-state index contributed by atoms with van der Waals surface area (Å²) in [6.07, 6.45) is 44.4. The van der Waals surface area contributed by atoms with Gasteiger partial charge in [0, 0.05) is 20.0 Å². The van der Waals surface area contributed by atoms with Crippen molar-refractivity contribution in [1.82, 2.24) is 0 Å². The molecule has 8 nitrogen and oxygen atoms in total. The number of hydrogen-bond acceptors (Lipinski definition) is 7. The van der Waals surface area contributed by atoms with Crippen molar-refractivity contribution in [2.24, 2.45) is 0 Å². The number of carbonyl (C=O) groups excluding carboxylic acids is 2. The Hall–Kier alpha value is -0.950. The van der Waals surface area contributed by atoms with E-state index in [-0.39, 0.29) is 25.6 Å². The summed E-state index contributed by atoms with van der Waals surface area (Å²) >= 11 is 0. The van der Waals surface area contributed by atoms with Gasteiger partial charge in [0.1, 0.15) is 6.61 Å². The Bertz CT molecular complexity index is 854. The van der Waals surface area contributed by atoms with Crippen molar-refractivity contribution in [3.05, 3.63) is 0 Å². The van der Waals surface area contributed by atoms with E-state index in [9.17, 15) is 19.0 Å². The number of unbranched alkanes of at least 4 members (excludes halogenated alkanes) is 33. The van der Waals surface area contributed by atoms with E-state index >= 15 is 0 Å². The second-order valence-electron chi connectivity index (χ2n) is 15.9. The molecule has 9 heteroatoms. The highest BCUT2D eigenvalue weighted by Gasteiger charge is 2.24. The topological polar surface area (TPSA) is 108 Å². The number of carbonyl (C=O) groups is 2. The molecule has 2 unspecified atom stereocenters. The van der Waals surface area contributed by atoms with Crippen molar-refractivity contribution in [2.75, 3.05) is 20.3 Å². The van der Waals surface area contributed by atoms with Crippen molar-refractivity contribution in [1.29, 1.82) is 0 Å². The molecule has 0 amide bonds.